The average Bonchev–Trinajstić information content (AvgIpc) is 3.18. The Labute approximate surface area is 180 Å². The molecule has 162 valence electrons. The topological polar surface area (TPSA) is 84.2 Å². The van der Waals surface area contributed by atoms with Gasteiger partial charge in [-0.3, -0.25) is 9.59 Å². The summed E-state index contributed by atoms with van der Waals surface area (Å²) in [4.78, 5) is 24.8. The Morgan fingerprint density at radius 3 is 2.39 bits per heavy atom. The van der Waals surface area contributed by atoms with Gasteiger partial charge in [0.2, 0.25) is 5.91 Å². The van der Waals surface area contributed by atoms with E-state index in [0.717, 1.165) is 5.56 Å². The van der Waals surface area contributed by atoms with Gasteiger partial charge in [-0.15, -0.1) is 0 Å². The normalized spacial score (nSPS) is 11.3. The van der Waals surface area contributed by atoms with Crippen molar-refractivity contribution in [2.24, 2.45) is 0 Å². The van der Waals surface area contributed by atoms with Gasteiger partial charge in [-0.2, -0.15) is 0 Å². The third-order valence-electron chi connectivity index (χ3n) is 4.80. The van der Waals surface area contributed by atoms with Gasteiger partial charge in [0.05, 0.1) is 12.0 Å². The van der Waals surface area contributed by atoms with Crippen molar-refractivity contribution in [2.75, 3.05) is 10.6 Å². The van der Waals surface area contributed by atoms with Gasteiger partial charge in [-0.25, -0.2) is 4.39 Å². The van der Waals surface area contributed by atoms with Crippen molar-refractivity contribution in [3.05, 3.63) is 76.8 Å². The van der Waals surface area contributed by atoms with Crippen LogP contribution in [0.15, 0.2) is 53.1 Å². The van der Waals surface area contributed by atoms with Crippen molar-refractivity contribution in [3.8, 4) is 0 Å². The second-order valence-electron chi connectivity index (χ2n) is 8.33. The highest BCUT2D eigenvalue weighted by Gasteiger charge is 2.20. The lowest BCUT2D eigenvalue weighted by Crippen LogP contribution is -2.16. The molecule has 0 saturated heterocycles. The first-order valence-corrected chi connectivity index (χ1v) is 10.1. The van der Waals surface area contributed by atoms with Gasteiger partial charge in [-0.1, -0.05) is 57.1 Å². The van der Waals surface area contributed by atoms with E-state index >= 15 is 0 Å². The quantitative estimate of drug-likeness (QED) is 0.577. The third kappa shape index (κ3) is 5.57. The summed E-state index contributed by atoms with van der Waals surface area (Å²) in [5.41, 5.74) is 1.78. The molecule has 0 spiro atoms. The number of amides is 2. The number of halogens is 1. The molecule has 0 bridgehead atoms. The minimum absolute atomic E-state index is 0.0516. The molecule has 0 aliphatic carbocycles. The van der Waals surface area contributed by atoms with E-state index in [1.807, 2.05) is 27.7 Å². The molecule has 3 rings (SSSR count). The monoisotopic (exact) mass is 423 g/mol. The number of anilines is 2. The van der Waals surface area contributed by atoms with Crippen molar-refractivity contribution in [3.63, 3.8) is 0 Å². The van der Waals surface area contributed by atoms with Crippen LogP contribution >= 0.6 is 0 Å². The summed E-state index contributed by atoms with van der Waals surface area (Å²) >= 11 is 0. The van der Waals surface area contributed by atoms with Crippen LogP contribution in [-0.2, 0) is 23.1 Å². The van der Waals surface area contributed by atoms with Crippen LogP contribution in [0.1, 0.15) is 54.9 Å². The molecule has 0 fully saturated rings. The molecule has 3 aromatic rings. The number of aromatic nitrogens is 1. The molecule has 31 heavy (non-hydrogen) atoms. The summed E-state index contributed by atoms with van der Waals surface area (Å²) in [6.45, 7) is 7.85. The van der Waals surface area contributed by atoms with Gasteiger partial charge in [-0.05, 0) is 35.7 Å². The summed E-state index contributed by atoms with van der Waals surface area (Å²) in [5, 5.41) is 9.30. The molecule has 2 amide bonds. The first-order valence-electron chi connectivity index (χ1n) is 10.1. The van der Waals surface area contributed by atoms with Crippen LogP contribution in [-0.4, -0.2) is 17.0 Å². The van der Waals surface area contributed by atoms with Crippen LogP contribution in [0.25, 0.3) is 0 Å². The van der Waals surface area contributed by atoms with E-state index < -0.39 is 11.7 Å². The lowest BCUT2D eigenvalue weighted by molar-refractivity contribution is -0.115. The van der Waals surface area contributed by atoms with E-state index in [1.165, 1.54) is 6.07 Å². The van der Waals surface area contributed by atoms with Crippen LogP contribution in [0.3, 0.4) is 0 Å². The molecule has 6 nitrogen and oxygen atoms in total. The number of aryl methyl sites for hydroxylation is 1. The average molecular weight is 423 g/mol. The molecule has 0 aliphatic rings. The summed E-state index contributed by atoms with van der Waals surface area (Å²) < 4.78 is 19.4. The molecule has 0 atom stereocenters. The van der Waals surface area contributed by atoms with Crippen LogP contribution in [0.4, 0.5) is 15.9 Å². The van der Waals surface area contributed by atoms with E-state index in [2.05, 4.69) is 15.8 Å². The Hall–Kier alpha value is -3.48. The van der Waals surface area contributed by atoms with Crippen molar-refractivity contribution in [1.82, 2.24) is 5.16 Å². The molecular weight excluding hydrogens is 397 g/mol. The summed E-state index contributed by atoms with van der Waals surface area (Å²) in [7, 11) is 0. The fourth-order valence-corrected chi connectivity index (χ4v) is 3.08. The molecule has 0 unspecified atom stereocenters. The van der Waals surface area contributed by atoms with E-state index in [1.54, 1.807) is 42.5 Å². The molecule has 0 saturated carbocycles. The molecule has 2 aromatic carbocycles. The van der Waals surface area contributed by atoms with Gasteiger partial charge in [0.1, 0.15) is 11.6 Å². The van der Waals surface area contributed by atoms with E-state index in [0.29, 0.717) is 29.2 Å². The zero-order valence-corrected chi connectivity index (χ0v) is 18.1. The van der Waals surface area contributed by atoms with E-state index in [-0.39, 0.29) is 23.3 Å². The van der Waals surface area contributed by atoms with Crippen LogP contribution in [0.5, 0.6) is 0 Å². The zero-order valence-electron chi connectivity index (χ0n) is 18.1. The highest BCUT2D eigenvalue weighted by Crippen LogP contribution is 2.24. The number of carbonyl (C=O) groups excluding carboxylic acids is 2. The van der Waals surface area contributed by atoms with Crippen LogP contribution in [0, 0.1) is 5.82 Å². The largest absolute Gasteiger partial charge is 0.359 e. The lowest BCUT2D eigenvalue weighted by atomic mass is 9.93. The summed E-state index contributed by atoms with van der Waals surface area (Å²) in [5.74, 6) is -0.224. The zero-order chi connectivity index (χ0) is 22.6. The van der Waals surface area contributed by atoms with Crippen molar-refractivity contribution >= 4 is 23.3 Å². The molecule has 1 heterocycles. The number of nitrogens with zero attached hydrogens (tertiary/aromatic N) is 1. The number of nitrogens with one attached hydrogen (secondary N) is 2. The molecule has 0 radical (unpaired) electrons. The maximum Gasteiger partial charge on any atom is 0.258 e. The first-order chi connectivity index (χ1) is 14.7. The van der Waals surface area contributed by atoms with Gasteiger partial charge in [0.15, 0.2) is 5.82 Å². The second kappa shape index (κ2) is 9.12. The second-order valence-corrected chi connectivity index (χ2v) is 8.33. The maximum absolute atomic E-state index is 14.1. The predicted molar refractivity (Wildman–Crippen MR) is 118 cm³/mol. The Bertz CT molecular complexity index is 1080. The Morgan fingerprint density at radius 2 is 1.77 bits per heavy atom. The standard InChI is InChI=1S/C24H26FN3O3/c1-5-16-7-6-8-18(25)22(16)23(30)26-17-11-9-15(10-12-17)13-21(29)27-20-14-19(31-28-20)24(2,3)4/h6-12,14H,5,13H2,1-4H3,(H,26,30)(H,27,28,29). The molecule has 2 N–H and O–H groups in total. The highest BCUT2D eigenvalue weighted by molar-refractivity contribution is 6.05. The molecular formula is C24H26FN3O3. The van der Waals surface area contributed by atoms with Crippen molar-refractivity contribution in [1.29, 1.82) is 0 Å². The van der Waals surface area contributed by atoms with Crippen LogP contribution in [0.2, 0.25) is 0 Å². The number of rotatable bonds is 6. The predicted octanol–water partition coefficient (Wildman–Crippen LogP) is 5.11. The lowest BCUT2D eigenvalue weighted by Gasteiger charge is -2.12. The molecule has 7 heteroatoms. The van der Waals surface area contributed by atoms with E-state index in [9.17, 15) is 14.0 Å². The SMILES string of the molecule is CCc1cccc(F)c1C(=O)Nc1ccc(CC(=O)Nc2cc(C(C)(C)C)on2)cc1. The van der Waals surface area contributed by atoms with Crippen molar-refractivity contribution < 1.29 is 18.5 Å². The first kappa shape index (κ1) is 22.2. The minimum Gasteiger partial charge on any atom is -0.359 e. The molecule has 0 aliphatic heterocycles. The summed E-state index contributed by atoms with van der Waals surface area (Å²) in [6, 6.07) is 13.1. The Balaban J connectivity index is 1.61. The fourth-order valence-electron chi connectivity index (χ4n) is 3.08. The number of benzene rings is 2. The fraction of sp³-hybridized carbons (Fsp3) is 0.292. The van der Waals surface area contributed by atoms with Gasteiger partial charge < -0.3 is 15.2 Å². The summed E-state index contributed by atoms with van der Waals surface area (Å²) in [6.07, 6.45) is 0.691. The Morgan fingerprint density at radius 1 is 1.06 bits per heavy atom. The van der Waals surface area contributed by atoms with Gasteiger partial charge >= 0.3 is 0 Å². The van der Waals surface area contributed by atoms with Gasteiger partial charge in [0, 0.05) is 17.2 Å². The van der Waals surface area contributed by atoms with Crippen molar-refractivity contribution in [2.45, 2.75) is 46.0 Å². The smallest absolute Gasteiger partial charge is 0.258 e. The number of hydrogen-bond acceptors (Lipinski definition) is 4. The highest BCUT2D eigenvalue weighted by atomic mass is 19.1. The maximum atomic E-state index is 14.1. The minimum atomic E-state index is -0.549. The molecule has 1 aromatic heterocycles. The third-order valence-corrected chi connectivity index (χ3v) is 4.80. The Kier molecular flexibility index (Phi) is 6.53. The van der Waals surface area contributed by atoms with Gasteiger partial charge in [0.25, 0.3) is 5.91 Å². The number of hydrogen-bond donors (Lipinski definition) is 2. The van der Waals surface area contributed by atoms with E-state index in [4.69, 9.17) is 4.52 Å². The number of carbonyl (C=O) groups is 2. The van der Waals surface area contributed by atoms with Crippen LogP contribution < -0.4 is 10.6 Å².